The minimum atomic E-state index is 0.148. The predicted molar refractivity (Wildman–Crippen MR) is 48.1 cm³/mol. The van der Waals surface area contributed by atoms with Crippen molar-refractivity contribution in [3.63, 3.8) is 0 Å². The quantitative estimate of drug-likeness (QED) is 0.749. The lowest BCUT2D eigenvalue weighted by molar-refractivity contribution is 0.174. The lowest BCUT2D eigenvalue weighted by Crippen LogP contribution is -1.98. The van der Waals surface area contributed by atoms with Crippen molar-refractivity contribution in [2.24, 2.45) is 0 Å². The molecule has 0 saturated carbocycles. The molecule has 1 aromatic rings. The van der Waals surface area contributed by atoms with Crippen molar-refractivity contribution in [3.05, 3.63) is 23.8 Å². The van der Waals surface area contributed by atoms with E-state index in [1.807, 2.05) is 25.1 Å². The zero-order valence-electron chi connectivity index (χ0n) is 7.49. The summed E-state index contributed by atoms with van der Waals surface area (Å²) in [5.41, 5.74) is 1.08. The van der Waals surface area contributed by atoms with Gasteiger partial charge in [-0.2, -0.15) is 0 Å². The fraction of sp³-hybridized carbons (Fsp3) is 0.400. The Morgan fingerprint density at radius 1 is 1.38 bits per heavy atom. The first kappa shape index (κ1) is 8.38. The first-order chi connectivity index (χ1) is 6.31. The third kappa shape index (κ3) is 1.47. The van der Waals surface area contributed by atoms with Crippen LogP contribution in [0.15, 0.2) is 18.2 Å². The van der Waals surface area contributed by atoms with Crippen LogP contribution in [0.3, 0.4) is 0 Å². The SMILES string of the molecule is CC(CO)c1ccc2c(c1)OCO2. The van der Waals surface area contributed by atoms with Crippen LogP contribution < -0.4 is 9.47 Å². The highest BCUT2D eigenvalue weighted by Gasteiger charge is 2.14. The summed E-state index contributed by atoms with van der Waals surface area (Å²) in [6.07, 6.45) is 0. The second-order valence-corrected chi connectivity index (χ2v) is 3.20. The third-order valence-corrected chi connectivity index (χ3v) is 2.24. The van der Waals surface area contributed by atoms with Gasteiger partial charge in [0.25, 0.3) is 0 Å². The fourth-order valence-electron chi connectivity index (χ4n) is 1.33. The van der Waals surface area contributed by atoms with Crippen LogP contribution in [-0.4, -0.2) is 18.5 Å². The van der Waals surface area contributed by atoms with Crippen molar-refractivity contribution in [3.8, 4) is 11.5 Å². The van der Waals surface area contributed by atoms with Gasteiger partial charge in [0.1, 0.15) is 0 Å². The smallest absolute Gasteiger partial charge is 0.231 e. The van der Waals surface area contributed by atoms with Crippen LogP contribution in [0.1, 0.15) is 18.4 Å². The lowest BCUT2D eigenvalue weighted by atomic mass is 10.0. The Morgan fingerprint density at radius 2 is 2.15 bits per heavy atom. The largest absolute Gasteiger partial charge is 0.454 e. The molecule has 1 aliphatic heterocycles. The molecule has 0 bridgehead atoms. The summed E-state index contributed by atoms with van der Waals surface area (Å²) in [4.78, 5) is 0. The van der Waals surface area contributed by atoms with Crippen LogP contribution in [0.5, 0.6) is 11.5 Å². The van der Waals surface area contributed by atoms with E-state index in [1.165, 1.54) is 0 Å². The monoisotopic (exact) mass is 180 g/mol. The second-order valence-electron chi connectivity index (χ2n) is 3.20. The highest BCUT2D eigenvalue weighted by Crippen LogP contribution is 2.34. The maximum absolute atomic E-state index is 8.96. The zero-order chi connectivity index (χ0) is 9.26. The molecule has 0 aromatic heterocycles. The van der Waals surface area contributed by atoms with Gasteiger partial charge in [0.2, 0.25) is 6.79 Å². The van der Waals surface area contributed by atoms with Crippen LogP contribution in [0.25, 0.3) is 0 Å². The van der Waals surface area contributed by atoms with Crippen LogP contribution in [0, 0.1) is 0 Å². The molecule has 13 heavy (non-hydrogen) atoms. The van der Waals surface area contributed by atoms with Gasteiger partial charge in [-0.1, -0.05) is 13.0 Å². The Hall–Kier alpha value is -1.22. The van der Waals surface area contributed by atoms with Crippen LogP contribution in [0.4, 0.5) is 0 Å². The summed E-state index contributed by atoms with van der Waals surface area (Å²) in [6.45, 7) is 2.42. The van der Waals surface area contributed by atoms with Crippen LogP contribution in [-0.2, 0) is 0 Å². The minimum Gasteiger partial charge on any atom is -0.454 e. The number of hydrogen-bond donors (Lipinski definition) is 1. The molecule has 1 heterocycles. The molecule has 2 rings (SSSR count). The van der Waals surface area contributed by atoms with Gasteiger partial charge in [0.15, 0.2) is 11.5 Å². The number of rotatable bonds is 2. The molecule has 0 spiro atoms. The van der Waals surface area contributed by atoms with Gasteiger partial charge in [0, 0.05) is 12.5 Å². The third-order valence-electron chi connectivity index (χ3n) is 2.24. The maximum atomic E-state index is 8.96. The normalized spacial score (nSPS) is 15.8. The number of ether oxygens (including phenoxy) is 2. The van der Waals surface area contributed by atoms with Crippen molar-refractivity contribution < 1.29 is 14.6 Å². The number of fused-ring (bicyclic) bond motifs is 1. The van der Waals surface area contributed by atoms with Gasteiger partial charge >= 0.3 is 0 Å². The van der Waals surface area contributed by atoms with Crippen molar-refractivity contribution >= 4 is 0 Å². The van der Waals surface area contributed by atoms with Gasteiger partial charge in [-0.15, -0.1) is 0 Å². The summed E-state index contributed by atoms with van der Waals surface area (Å²) in [7, 11) is 0. The van der Waals surface area contributed by atoms with E-state index in [0.29, 0.717) is 6.79 Å². The van der Waals surface area contributed by atoms with Crippen molar-refractivity contribution in [1.29, 1.82) is 0 Å². The molecular formula is C10H12O3. The summed E-state index contributed by atoms with van der Waals surface area (Å²) in [5.74, 6) is 1.71. The molecule has 3 nitrogen and oxygen atoms in total. The molecule has 1 atom stereocenters. The zero-order valence-corrected chi connectivity index (χ0v) is 7.49. The summed E-state index contributed by atoms with van der Waals surface area (Å²) in [5, 5.41) is 8.96. The van der Waals surface area contributed by atoms with Crippen molar-refractivity contribution in [2.45, 2.75) is 12.8 Å². The van der Waals surface area contributed by atoms with Crippen molar-refractivity contribution in [1.82, 2.24) is 0 Å². The molecule has 3 heteroatoms. The Balaban J connectivity index is 2.30. The topological polar surface area (TPSA) is 38.7 Å². The Kier molecular flexibility index (Phi) is 2.10. The molecule has 0 saturated heterocycles. The Morgan fingerprint density at radius 3 is 2.92 bits per heavy atom. The molecular weight excluding hydrogens is 168 g/mol. The van der Waals surface area contributed by atoms with E-state index in [4.69, 9.17) is 14.6 Å². The van der Waals surface area contributed by atoms with E-state index in [-0.39, 0.29) is 12.5 Å². The molecule has 1 N–H and O–H groups in total. The number of benzene rings is 1. The van der Waals surface area contributed by atoms with Gasteiger partial charge in [0.05, 0.1) is 0 Å². The standard InChI is InChI=1S/C10H12O3/c1-7(5-11)8-2-3-9-10(4-8)13-6-12-9/h2-4,7,11H,5-6H2,1H3. The Labute approximate surface area is 76.9 Å². The molecule has 1 unspecified atom stereocenters. The van der Waals surface area contributed by atoms with Gasteiger partial charge < -0.3 is 14.6 Å². The van der Waals surface area contributed by atoms with Crippen molar-refractivity contribution in [2.75, 3.05) is 13.4 Å². The maximum Gasteiger partial charge on any atom is 0.231 e. The van der Waals surface area contributed by atoms with Gasteiger partial charge in [-0.25, -0.2) is 0 Å². The predicted octanol–water partition coefficient (Wildman–Crippen LogP) is 1.51. The van der Waals surface area contributed by atoms with E-state index >= 15 is 0 Å². The highest BCUT2D eigenvalue weighted by atomic mass is 16.7. The first-order valence-corrected chi connectivity index (χ1v) is 4.31. The number of aliphatic hydroxyl groups excluding tert-OH is 1. The van der Waals surface area contributed by atoms with Gasteiger partial charge in [-0.3, -0.25) is 0 Å². The first-order valence-electron chi connectivity index (χ1n) is 4.31. The highest BCUT2D eigenvalue weighted by molar-refractivity contribution is 5.45. The molecule has 0 fully saturated rings. The van der Waals surface area contributed by atoms with E-state index in [1.54, 1.807) is 0 Å². The second kappa shape index (κ2) is 3.26. The molecule has 0 aliphatic carbocycles. The van der Waals surface area contributed by atoms with E-state index in [2.05, 4.69) is 0 Å². The Bertz CT molecular complexity index is 309. The number of aliphatic hydroxyl groups is 1. The minimum absolute atomic E-state index is 0.148. The average molecular weight is 180 g/mol. The number of hydrogen-bond acceptors (Lipinski definition) is 3. The van der Waals surface area contributed by atoms with E-state index < -0.39 is 0 Å². The molecule has 0 radical (unpaired) electrons. The summed E-state index contributed by atoms with van der Waals surface area (Å²) in [6, 6.07) is 5.75. The lowest BCUT2D eigenvalue weighted by Gasteiger charge is -2.08. The fourth-order valence-corrected chi connectivity index (χ4v) is 1.33. The summed E-state index contributed by atoms with van der Waals surface area (Å²) < 4.78 is 10.4. The molecule has 0 amide bonds. The van der Waals surface area contributed by atoms with Gasteiger partial charge in [-0.05, 0) is 17.7 Å². The average Bonchev–Trinajstić information content (AvgIpc) is 2.63. The summed E-state index contributed by atoms with van der Waals surface area (Å²) >= 11 is 0. The van der Waals surface area contributed by atoms with E-state index in [0.717, 1.165) is 17.1 Å². The van der Waals surface area contributed by atoms with Crippen LogP contribution in [0.2, 0.25) is 0 Å². The molecule has 1 aromatic carbocycles. The van der Waals surface area contributed by atoms with E-state index in [9.17, 15) is 0 Å². The molecule has 70 valence electrons. The molecule has 1 aliphatic rings. The van der Waals surface area contributed by atoms with Crippen LogP contribution >= 0.6 is 0 Å².